The summed E-state index contributed by atoms with van der Waals surface area (Å²) in [4.78, 5) is 2.77. The molecule has 2 unspecified atom stereocenters. The van der Waals surface area contributed by atoms with E-state index in [1.807, 2.05) is 0 Å². The Balaban J connectivity index is 1.98. The second-order valence-corrected chi connectivity index (χ2v) is 6.77. The van der Waals surface area contributed by atoms with Gasteiger partial charge in [-0.3, -0.25) is 4.90 Å². The fraction of sp³-hybridized carbons (Fsp3) is 1.00. The van der Waals surface area contributed by atoms with E-state index in [9.17, 15) is 0 Å². The lowest BCUT2D eigenvalue weighted by Crippen LogP contribution is -2.67. The van der Waals surface area contributed by atoms with Gasteiger partial charge in [0.15, 0.2) is 0 Å². The molecular weight excluding hydrogens is 208 g/mol. The Bertz CT molecular complexity index is 262. The second kappa shape index (κ2) is 4.89. The number of rotatable bonds is 5. The van der Waals surface area contributed by atoms with Gasteiger partial charge in [0.05, 0.1) is 0 Å². The smallest absolute Gasteiger partial charge is 0.0304 e. The Morgan fingerprint density at radius 3 is 2.41 bits per heavy atom. The molecule has 0 amide bonds. The largest absolute Gasteiger partial charge is 0.308 e. The van der Waals surface area contributed by atoms with Gasteiger partial charge in [-0.2, -0.15) is 0 Å². The summed E-state index contributed by atoms with van der Waals surface area (Å²) in [6.45, 7) is 13.1. The molecule has 0 aromatic carbocycles. The average Bonchev–Trinajstić information content (AvgIpc) is 3.15. The van der Waals surface area contributed by atoms with Crippen molar-refractivity contribution >= 4 is 0 Å². The average molecular weight is 238 g/mol. The van der Waals surface area contributed by atoms with Gasteiger partial charge in [0.2, 0.25) is 0 Å². The Hall–Kier alpha value is -0.0800. The van der Waals surface area contributed by atoms with E-state index in [0.29, 0.717) is 11.1 Å². The Morgan fingerprint density at radius 2 is 1.88 bits per heavy atom. The minimum Gasteiger partial charge on any atom is -0.308 e. The molecular formula is C15H30N2. The molecule has 2 atom stereocenters. The van der Waals surface area contributed by atoms with Crippen LogP contribution in [-0.2, 0) is 0 Å². The minimum absolute atomic E-state index is 0.332. The fourth-order valence-corrected chi connectivity index (χ4v) is 2.86. The molecule has 0 spiro atoms. The molecule has 2 rings (SSSR count). The number of hydrogen-bond donors (Lipinski definition) is 1. The zero-order valence-electron chi connectivity index (χ0n) is 12.2. The second-order valence-electron chi connectivity index (χ2n) is 6.77. The Morgan fingerprint density at radius 1 is 1.18 bits per heavy atom. The molecule has 0 bridgehead atoms. The van der Waals surface area contributed by atoms with Crippen LogP contribution >= 0.6 is 0 Å². The van der Waals surface area contributed by atoms with E-state index in [4.69, 9.17) is 0 Å². The zero-order valence-corrected chi connectivity index (χ0v) is 12.2. The van der Waals surface area contributed by atoms with Crippen LogP contribution in [0.15, 0.2) is 0 Å². The molecule has 0 radical (unpaired) electrons. The summed E-state index contributed by atoms with van der Waals surface area (Å²) in [6, 6.07) is 0. The third kappa shape index (κ3) is 3.03. The number of nitrogens with one attached hydrogen (secondary N) is 1. The Labute approximate surface area is 107 Å². The van der Waals surface area contributed by atoms with Crippen molar-refractivity contribution < 1.29 is 0 Å². The highest BCUT2D eigenvalue weighted by Crippen LogP contribution is 2.35. The molecule has 1 aliphatic heterocycles. The normalized spacial score (nSPS) is 39.5. The molecule has 1 N–H and O–H groups in total. The maximum Gasteiger partial charge on any atom is 0.0304 e. The van der Waals surface area contributed by atoms with Crippen molar-refractivity contribution in [3.8, 4) is 0 Å². The van der Waals surface area contributed by atoms with Crippen LogP contribution in [0.2, 0.25) is 0 Å². The highest BCUT2D eigenvalue weighted by atomic mass is 15.3. The molecule has 0 aromatic rings. The number of nitrogens with zero attached hydrogens (tertiary/aromatic N) is 1. The van der Waals surface area contributed by atoms with Crippen molar-refractivity contribution in [1.29, 1.82) is 0 Å². The van der Waals surface area contributed by atoms with Crippen LogP contribution in [0, 0.1) is 5.92 Å². The SMILES string of the molecule is CCC1(C)CN(CCC2CC2)C(C)(CC)CN1. The van der Waals surface area contributed by atoms with E-state index in [1.54, 1.807) is 0 Å². The van der Waals surface area contributed by atoms with Crippen molar-refractivity contribution in [1.82, 2.24) is 10.2 Å². The van der Waals surface area contributed by atoms with Crippen molar-refractivity contribution in [2.75, 3.05) is 19.6 Å². The van der Waals surface area contributed by atoms with E-state index in [0.717, 1.165) is 12.5 Å². The molecule has 2 heteroatoms. The highest BCUT2D eigenvalue weighted by Gasteiger charge is 2.41. The molecule has 1 aliphatic carbocycles. The molecule has 2 fully saturated rings. The molecule has 1 saturated heterocycles. The first kappa shape index (κ1) is 13.4. The lowest BCUT2D eigenvalue weighted by Gasteiger charge is -2.52. The standard InChI is InChI=1S/C15H30N2/c1-5-14(3)12-17(10-9-13-7-8-13)15(4,6-2)11-16-14/h13,16H,5-12H2,1-4H3. The summed E-state index contributed by atoms with van der Waals surface area (Å²) in [5, 5.41) is 3.78. The first-order valence-electron chi connectivity index (χ1n) is 7.51. The maximum absolute atomic E-state index is 3.78. The molecule has 1 saturated carbocycles. The number of piperazine rings is 1. The minimum atomic E-state index is 0.332. The topological polar surface area (TPSA) is 15.3 Å². The molecule has 2 nitrogen and oxygen atoms in total. The quantitative estimate of drug-likeness (QED) is 0.792. The van der Waals surface area contributed by atoms with E-state index >= 15 is 0 Å². The van der Waals surface area contributed by atoms with Crippen LogP contribution in [-0.4, -0.2) is 35.6 Å². The molecule has 1 heterocycles. The van der Waals surface area contributed by atoms with Crippen molar-refractivity contribution in [2.45, 2.75) is 70.9 Å². The summed E-state index contributed by atoms with van der Waals surface area (Å²) in [7, 11) is 0. The maximum atomic E-state index is 3.78. The van der Waals surface area contributed by atoms with Crippen LogP contribution in [0.3, 0.4) is 0 Å². The van der Waals surface area contributed by atoms with Gasteiger partial charge >= 0.3 is 0 Å². The van der Waals surface area contributed by atoms with Crippen LogP contribution in [0.4, 0.5) is 0 Å². The Kier molecular flexibility index (Phi) is 3.84. The fourth-order valence-electron chi connectivity index (χ4n) is 2.86. The van der Waals surface area contributed by atoms with Crippen LogP contribution in [0.25, 0.3) is 0 Å². The van der Waals surface area contributed by atoms with Crippen LogP contribution in [0.1, 0.15) is 59.8 Å². The third-order valence-electron chi connectivity index (χ3n) is 5.25. The molecule has 100 valence electrons. The van der Waals surface area contributed by atoms with Crippen molar-refractivity contribution in [2.24, 2.45) is 5.92 Å². The molecule has 17 heavy (non-hydrogen) atoms. The summed E-state index contributed by atoms with van der Waals surface area (Å²) >= 11 is 0. The number of hydrogen-bond acceptors (Lipinski definition) is 2. The zero-order chi connectivity index (χ0) is 12.5. The first-order valence-corrected chi connectivity index (χ1v) is 7.51. The van der Waals surface area contributed by atoms with Gasteiger partial charge in [-0.15, -0.1) is 0 Å². The lowest BCUT2D eigenvalue weighted by atomic mass is 9.85. The van der Waals surface area contributed by atoms with Crippen molar-refractivity contribution in [3.63, 3.8) is 0 Å². The van der Waals surface area contributed by atoms with Gasteiger partial charge in [0, 0.05) is 24.2 Å². The van der Waals surface area contributed by atoms with Crippen molar-refractivity contribution in [3.05, 3.63) is 0 Å². The van der Waals surface area contributed by atoms with Gasteiger partial charge in [-0.05, 0) is 45.6 Å². The highest BCUT2D eigenvalue weighted by molar-refractivity contribution is 5.00. The van der Waals surface area contributed by atoms with E-state index in [2.05, 4.69) is 37.9 Å². The van der Waals surface area contributed by atoms with Crippen LogP contribution in [0.5, 0.6) is 0 Å². The van der Waals surface area contributed by atoms with Gasteiger partial charge in [0.1, 0.15) is 0 Å². The molecule has 0 aromatic heterocycles. The summed E-state index contributed by atoms with van der Waals surface area (Å²) in [5.74, 6) is 1.05. The van der Waals surface area contributed by atoms with Gasteiger partial charge < -0.3 is 5.32 Å². The lowest BCUT2D eigenvalue weighted by molar-refractivity contribution is 0.0152. The monoisotopic (exact) mass is 238 g/mol. The molecule has 2 aliphatic rings. The summed E-state index contributed by atoms with van der Waals surface area (Å²) in [6.07, 6.45) is 6.88. The van der Waals surface area contributed by atoms with E-state index in [1.165, 1.54) is 45.2 Å². The third-order valence-corrected chi connectivity index (χ3v) is 5.25. The van der Waals surface area contributed by atoms with Crippen LogP contribution < -0.4 is 5.32 Å². The van der Waals surface area contributed by atoms with Gasteiger partial charge in [0.25, 0.3) is 0 Å². The van der Waals surface area contributed by atoms with Gasteiger partial charge in [-0.25, -0.2) is 0 Å². The summed E-state index contributed by atoms with van der Waals surface area (Å²) < 4.78 is 0. The predicted molar refractivity (Wildman–Crippen MR) is 74.3 cm³/mol. The first-order chi connectivity index (χ1) is 8.01. The predicted octanol–water partition coefficient (Wildman–Crippen LogP) is 3.03. The van der Waals surface area contributed by atoms with E-state index in [-0.39, 0.29) is 0 Å². The van der Waals surface area contributed by atoms with Gasteiger partial charge in [-0.1, -0.05) is 26.7 Å². The summed E-state index contributed by atoms with van der Waals surface area (Å²) in [5.41, 5.74) is 0.710. The van der Waals surface area contributed by atoms with E-state index < -0.39 is 0 Å².